The van der Waals surface area contributed by atoms with Crippen molar-refractivity contribution in [1.29, 1.82) is 0 Å². The van der Waals surface area contributed by atoms with Gasteiger partial charge < -0.3 is 9.63 Å². The quantitative estimate of drug-likeness (QED) is 0.903. The first-order valence-electron chi connectivity index (χ1n) is 6.01. The Morgan fingerprint density at radius 2 is 1.95 bits per heavy atom. The van der Waals surface area contributed by atoms with Crippen molar-refractivity contribution in [1.82, 2.24) is 10.1 Å². The zero-order chi connectivity index (χ0) is 13.8. The van der Waals surface area contributed by atoms with E-state index in [2.05, 4.69) is 10.1 Å². The van der Waals surface area contributed by atoms with Gasteiger partial charge in [0.1, 0.15) is 11.6 Å². The van der Waals surface area contributed by atoms with Crippen molar-refractivity contribution in [2.45, 2.75) is 32.3 Å². The molecular formula is C13H14F2N2O2. The van der Waals surface area contributed by atoms with Crippen molar-refractivity contribution in [3.05, 3.63) is 47.1 Å². The van der Waals surface area contributed by atoms with E-state index in [0.717, 1.165) is 6.07 Å². The highest BCUT2D eigenvalue weighted by Gasteiger charge is 2.12. The largest absolute Gasteiger partial charge is 0.393 e. The van der Waals surface area contributed by atoms with Crippen LogP contribution in [0.15, 0.2) is 22.7 Å². The lowest BCUT2D eigenvalue weighted by Gasteiger charge is -2.01. The van der Waals surface area contributed by atoms with Gasteiger partial charge in [0.25, 0.3) is 0 Å². The fourth-order valence-corrected chi connectivity index (χ4v) is 1.69. The Hall–Kier alpha value is -1.82. The summed E-state index contributed by atoms with van der Waals surface area (Å²) in [7, 11) is 0. The van der Waals surface area contributed by atoms with E-state index in [4.69, 9.17) is 4.52 Å². The lowest BCUT2D eigenvalue weighted by atomic mass is 10.1. The molecule has 1 atom stereocenters. The van der Waals surface area contributed by atoms with Crippen molar-refractivity contribution in [2.24, 2.45) is 0 Å². The number of nitrogens with zero attached hydrogens (tertiary/aromatic N) is 2. The maximum Gasteiger partial charge on any atom is 0.229 e. The maximum atomic E-state index is 13.0. The van der Waals surface area contributed by atoms with Gasteiger partial charge in [0.05, 0.1) is 12.5 Å². The molecule has 0 fully saturated rings. The van der Waals surface area contributed by atoms with Crippen LogP contribution in [0.1, 0.15) is 30.6 Å². The number of hydrogen-bond donors (Lipinski definition) is 1. The first-order chi connectivity index (χ1) is 9.06. The van der Waals surface area contributed by atoms with E-state index in [1.807, 2.05) is 6.92 Å². The monoisotopic (exact) mass is 268 g/mol. The Kier molecular flexibility index (Phi) is 4.21. The van der Waals surface area contributed by atoms with Crippen LogP contribution < -0.4 is 0 Å². The molecule has 1 heterocycles. The van der Waals surface area contributed by atoms with Gasteiger partial charge in [-0.05, 0) is 24.1 Å². The molecule has 4 nitrogen and oxygen atoms in total. The van der Waals surface area contributed by atoms with Crippen LogP contribution in [0.25, 0.3) is 0 Å². The van der Waals surface area contributed by atoms with E-state index in [1.54, 1.807) is 0 Å². The van der Waals surface area contributed by atoms with Crippen molar-refractivity contribution in [3.8, 4) is 0 Å². The van der Waals surface area contributed by atoms with E-state index in [9.17, 15) is 13.9 Å². The third kappa shape index (κ3) is 3.82. The SMILES string of the molecule is CCC(O)Cc1nc(Cc2cc(F)cc(F)c2)no1. The lowest BCUT2D eigenvalue weighted by molar-refractivity contribution is 0.158. The third-order valence-electron chi connectivity index (χ3n) is 2.68. The molecule has 1 N–H and O–H groups in total. The maximum absolute atomic E-state index is 13.0. The van der Waals surface area contributed by atoms with Gasteiger partial charge in [0.2, 0.25) is 5.89 Å². The Balaban J connectivity index is 2.07. The van der Waals surface area contributed by atoms with Crippen molar-refractivity contribution < 1.29 is 18.4 Å². The van der Waals surface area contributed by atoms with Gasteiger partial charge in [0, 0.05) is 12.5 Å². The van der Waals surface area contributed by atoms with E-state index < -0.39 is 17.7 Å². The summed E-state index contributed by atoms with van der Waals surface area (Å²) in [5.41, 5.74) is 0.431. The van der Waals surface area contributed by atoms with E-state index >= 15 is 0 Å². The molecule has 0 saturated heterocycles. The zero-order valence-corrected chi connectivity index (χ0v) is 10.4. The number of benzene rings is 1. The highest BCUT2D eigenvalue weighted by molar-refractivity contribution is 5.21. The minimum atomic E-state index is -0.639. The van der Waals surface area contributed by atoms with E-state index in [1.165, 1.54) is 12.1 Å². The second-order valence-corrected chi connectivity index (χ2v) is 4.33. The van der Waals surface area contributed by atoms with Crippen LogP contribution in [0.4, 0.5) is 8.78 Å². The number of hydrogen-bond acceptors (Lipinski definition) is 4. The second-order valence-electron chi connectivity index (χ2n) is 4.33. The van der Waals surface area contributed by atoms with Crippen molar-refractivity contribution in [2.75, 3.05) is 0 Å². The van der Waals surface area contributed by atoms with Crippen LogP contribution in [0.3, 0.4) is 0 Å². The number of aliphatic hydroxyl groups excluding tert-OH is 1. The summed E-state index contributed by atoms with van der Waals surface area (Å²) < 4.78 is 31.0. The lowest BCUT2D eigenvalue weighted by Crippen LogP contribution is -2.08. The highest BCUT2D eigenvalue weighted by Crippen LogP contribution is 2.12. The van der Waals surface area contributed by atoms with Crippen LogP contribution in [-0.4, -0.2) is 21.4 Å². The van der Waals surface area contributed by atoms with Crippen molar-refractivity contribution in [3.63, 3.8) is 0 Å². The van der Waals surface area contributed by atoms with Gasteiger partial charge in [-0.3, -0.25) is 0 Å². The summed E-state index contributed by atoms with van der Waals surface area (Å²) in [6.45, 7) is 1.84. The zero-order valence-electron chi connectivity index (χ0n) is 10.4. The molecule has 2 rings (SSSR count). The Labute approximate surface area is 109 Å². The minimum Gasteiger partial charge on any atom is -0.393 e. The van der Waals surface area contributed by atoms with Crippen LogP contribution >= 0.6 is 0 Å². The standard InChI is InChI=1S/C13H14F2N2O2/c1-2-11(18)7-13-16-12(17-19-13)5-8-3-9(14)6-10(15)4-8/h3-4,6,11,18H,2,5,7H2,1H3. The fourth-order valence-electron chi connectivity index (χ4n) is 1.69. The summed E-state index contributed by atoms with van der Waals surface area (Å²) in [4.78, 5) is 4.07. The molecule has 0 spiro atoms. The number of aliphatic hydroxyl groups is 1. The van der Waals surface area contributed by atoms with Crippen LogP contribution in [0.2, 0.25) is 0 Å². The third-order valence-corrected chi connectivity index (χ3v) is 2.68. The smallest absolute Gasteiger partial charge is 0.229 e. The molecule has 1 aromatic carbocycles. The molecule has 0 saturated carbocycles. The molecule has 0 bridgehead atoms. The van der Waals surface area contributed by atoms with E-state index in [0.29, 0.717) is 23.7 Å². The molecule has 0 aliphatic heterocycles. The van der Waals surface area contributed by atoms with Gasteiger partial charge in [-0.15, -0.1) is 0 Å². The number of halogens is 2. The second kappa shape index (κ2) is 5.88. The normalized spacial score (nSPS) is 12.6. The average molecular weight is 268 g/mol. The average Bonchev–Trinajstić information content (AvgIpc) is 2.74. The molecule has 1 aromatic heterocycles. The van der Waals surface area contributed by atoms with Gasteiger partial charge in [-0.1, -0.05) is 12.1 Å². The Morgan fingerprint density at radius 1 is 1.26 bits per heavy atom. The van der Waals surface area contributed by atoms with E-state index in [-0.39, 0.29) is 12.8 Å². The molecule has 102 valence electrons. The van der Waals surface area contributed by atoms with Gasteiger partial charge in [0.15, 0.2) is 5.82 Å². The van der Waals surface area contributed by atoms with Gasteiger partial charge >= 0.3 is 0 Å². The molecule has 1 unspecified atom stereocenters. The Bertz CT molecular complexity index is 537. The summed E-state index contributed by atoms with van der Waals surface area (Å²) >= 11 is 0. The molecule has 0 radical (unpaired) electrons. The minimum absolute atomic E-state index is 0.181. The summed E-state index contributed by atoms with van der Waals surface area (Å²) in [5.74, 6) is -0.621. The topological polar surface area (TPSA) is 59.2 Å². The molecular weight excluding hydrogens is 254 g/mol. The summed E-state index contributed by atoms with van der Waals surface area (Å²) in [5, 5.41) is 13.2. The molecule has 0 amide bonds. The van der Waals surface area contributed by atoms with Gasteiger partial charge in [-0.2, -0.15) is 4.98 Å². The molecule has 0 aliphatic carbocycles. The fraction of sp³-hybridized carbons (Fsp3) is 0.385. The van der Waals surface area contributed by atoms with Gasteiger partial charge in [-0.25, -0.2) is 8.78 Å². The predicted octanol–water partition coefficient (Wildman–Crippen LogP) is 2.25. The first kappa shape index (κ1) is 13.6. The summed E-state index contributed by atoms with van der Waals surface area (Å²) in [6.07, 6.45) is 0.522. The number of rotatable bonds is 5. The molecule has 6 heteroatoms. The highest BCUT2D eigenvalue weighted by atomic mass is 19.1. The summed E-state index contributed by atoms with van der Waals surface area (Å²) in [6, 6.07) is 3.25. The van der Waals surface area contributed by atoms with Crippen molar-refractivity contribution >= 4 is 0 Å². The molecule has 0 aliphatic rings. The van der Waals surface area contributed by atoms with Crippen LogP contribution in [0, 0.1) is 11.6 Å². The van der Waals surface area contributed by atoms with Crippen LogP contribution in [0.5, 0.6) is 0 Å². The molecule has 2 aromatic rings. The predicted molar refractivity (Wildman–Crippen MR) is 63.5 cm³/mol. The number of aromatic nitrogens is 2. The van der Waals surface area contributed by atoms with Crippen LogP contribution in [-0.2, 0) is 12.8 Å². The molecule has 19 heavy (non-hydrogen) atoms. The first-order valence-corrected chi connectivity index (χ1v) is 6.01. The Morgan fingerprint density at radius 3 is 2.58 bits per heavy atom.